The minimum Gasteiger partial charge on any atom is -0.507 e. The van der Waals surface area contributed by atoms with Gasteiger partial charge >= 0.3 is 11.7 Å². The number of amides is 1. The summed E-state index contributed by atoms with van der Waals surface area (Å²) in [6.07, 6.45) is 0. The molecule has 3 rings (SSSR count). The third-order valence-electron chi connectivity index (χ3n) is 3.88. The molecule has 1 amide bonds. The molecule has 0 heterocycles. The predicted octanol–water partition coefficient (Wildman–Crippen LogP) is 3.54. The lowest BCUT2D eigenvalue weighted by atomic mass is 10.2. The molecule has 30 heavy (non-hydrogen) atoms. The molecule has 0 saturated heterocycles. The molecule has 2 N–H and O–H groups in total. The van der Waals surface area contributed by atoms with E-state index in [1.807, 2.05) is 0 Å². The molecular weight excluding hydrogens is 392 g/mol. The van der Waals surface area contributed by atoms with Gasteiger partial charge in [0.1, 0.15) is 17.1 Å². The van der Waals surface area contributed by atoms with Crippen LogP contribution in [0.4, 0.5) is 11.4 Å². The van der Waals surface area contributed by atoms with Crippen LogP contribution in [0, 0.1) is 10.1 Å². The van der Waals surface area contributed by atoms with Gasteiger partial charge in [-0.3, -0.25) is 14.9 Å². The topological polar surface area (TPSA) is 128 Å². The Bertz CT molecular complexity index is 1080. The summed E-state index contributed by atoms with van der Waals surface area (Å²) >= 11 is 0. The fourth-order valence-corrected chi connectivity index (χ4v) is 2.50. The van der Waals surface area contributed by atoms with Crippen LogP contribution in [-0.2, 0) is 4.79 Å². The van der Waals surface area contributed by atoms with Crippen LogP contribution in [0.15, 0.2) is 72.8 Å². The lowest BCUT2D eigenvalue weighted by Gasteiger charge is -2.10. The Morgan fingerprint density at radius 2 is 1.70 bits per heavy atom. The van der Waals surface area contributed by atoms with E-state index in [1.54, 1.807) is 36.4 Å². The number of carbonyl (C=O) groups excluding carboxylic acids is 2. The lowest BCUT2D eigenvalue weighted by Crippen LogP contribution is -2.20. The number of hydrogen-bond donors (Lipinski definition) is 2. The van der Waals surface area contributed by atoms with Crippen molar-refractivity contribution in [2.45, 2.75) is 0 Å². The SMILES string of the molecule is O=C(COc1ccccc1[N+](=O)[O-])Nc1ccc(C(=O)Oc2ccccc2)c(O)c1. The van der Waals surface area contributed by atoms with Gasteiger partial charge in [-0.1, -0.05) is 30.3 Å². The Kier molecular flexibility index (Phi) is 6.23. The Morgan fingerprint density at radius 1 is 1.00 bits per heavy atom. The van der Waals surface area contributed by atoms with Crippen molar-refractivity contribution in [2.24, 2.45) is 0 Å². The summed E-state index contributed by atoms with van der Waals surface area (Å²) in [7, 11) is 0. The first-order valence-corrected chi connectivity index (χ1v) is 8.70. The minimum atomic E-state index is -0.753. The third kappa shape index (κ3) is 5.10. The first-order valence-electron chi connectivity index (χ1n) is 8.70. The first kappa shape index (κ1) is 20.3. The van der Waals surface area contributed by atoms with Crippen LogP contribution >= 0.6 is 0 Å². The number of nitrogens with one attached hydrogen (secondary N) is 1. The second kappa shape index (κ2) is 9.20. The molecule has 0 radical (unpaired) electrons. The molecule has 0 aliphatic heterocycles. The van der Waals surface area contributed by atoms with Gasteiger partial charge in [-0.2, -0.15) is 0 Å². The van der Waals surface area contributed by atoms with Crippen LogP contribution < -0.4 is 14.8 Å². The number of nitro benzene ring substituents is 1. The van der Waals surface area contributed by atoms with Gasteiger partial charge in [-0.05, 0) is 30.3 Å². The van der Waals surface area contributed by atoms with E-state index >= 15 is 0 Å². The van der Waals surface area contributed by atoms with E-state index in [9.17, 15) is 24.8 Å². The van der Waals surface area contributed by atoms with Gasteiger partial charge in [0.25, 0.3) is 5.91 Å². The van der Waals surface area contributed by atoms with Crippen molar-refractivity contribution in [3.63, 3.8) is 0 Å². The monoisotopic (exact) mass is 408 g/mol. The van der Waals surface area contributed by atoms with E-state index in [0.29, 0.717) is 5.75 Å². The summed E-state index contributed by atoms with van der Waals surface area (Å²) in [5, 5.41) is 23.5. The molecule has 9 heteroatoms. The third-order valence-corrected chi connectivity index (χ3v) is 3.88. The van der Waals surface area contributed by atoms with Crippen molar-refractivity contribution in [1.82, 2.24) is 0 Å². The fourth-order valence-electron chi connectivity index (χ4n) is 2.50. The Morgan fingerprint density at radius 3 is 2.40 bits per heavy atom. The number of hydrogen-bond acceptors (Lipinski definition) is 7. The highest BCUT2D eigenvalue weighted by molar-refractivity contribution is 5.96. The number of anilines is 1. The number of nitro groups is 1. The van der Waals surface area contributed by atoms with Gasteiger partial charge in [-0.15, -0.1) is 0 Å². The molecule has 0 bridgehead atoms. The molecule has 0 aromatic heterocycles. The molecule has 0 fully saturated rings. The Hall–Kier alpha value is -4.40. The summed E-state index contributed by atoms with van der Waals surface area (Å²) in [5.41, 5.74) is -0.128. The average molecular weight is 408 g/mol. The van der Waals surface area contributed by atoms with Gasteiger partial charge < -0.3 is 19.9 Å². The van der Waals surface area contributed by atoms with Crippen molar-refractivity contribution in [1.29, 1.82) is 0 Å². The van der Waals surface area contributed by atoms with Crippen molar-refractivity contribution >= 4 is 23.3 Å². The zero-order chi connectivity index (χ0) is 21.5. The number of nitrogens with zero attached hydrogens (tertiary/aromatic N) is 1. The number of esters is 1. The number of carbonyl (C=O) groups is 2. The molecule has 152 valence electrons. The molecule has 0 saturated carbocycles. The molecule has 9 nitrogen and oxygen atoms in total. The maximum atomic E-state index is 12.2. The van der Waals surface area contributed by atoms with Gasteiger partial charge in [0.15, 0.2) is 12.4 Å². The maximum Gasteiger partial charge on any atom is 0.347 e. The number of ether oxygens (including phenoxy) is 2. The van der Waals surface area contributed by atoms with E-state index < -0.39 is 23.4 Å². The summed E-state index contributed by atoms with van der Waals surface area (Å²) in [6.45, 7) is -0.483. The van der Waals surface area contributed by atoms with Crippen LogP contribution in [0.3, 0.4) is 0 Å². The van der Waals surface area contributed by atoms with Gasteiger partial charge in [0.05, 0.1) is 4.92 Å². The zero-order valence-electron chi connectivity index (χ0n) is 15.5. The van der Waals surface area contributed by atoms with E-state index in [-0.39, 0.29) is 28.4 Å². The Labute approximate surface area is 170 Å². The van der Waals surface area contributed by atoms with E-state index in [2.05, 4.69) is 5.32 Å². The maximum absolute atomic E-state index is 12.2. The number of para-hydroxylation sites is 3. The zero-order valence-corrected chi connectivity index (χ0v) is 15.5. The van der Waals surface area contributed by atoms with Gasteiger partial charge in [-0.25, -0.2) is 4.79 Å². The number of phenols is 1. The molecule has 0 spiro atoms. The molecule has 0 unspecified atom stereocenters. The second-order valence-electron chi connectivity index (χ2n) is 6.00. The first-order chi connectivity index (χ1) is 14.4. The van der Waals surface area contributed by atoms with Crippen molar-refractivity contribution in [2.75, 3.05) is 11.9 Å². The summed E-state index contributed by atoms with van der Waals surface area (Å²) in [6, 6.07) is 17.9. The van der Waals surface area contributed by atoms with Crippen LogP contribution in [0.1, 0.15) is 10.4 Å². The molecule has 0 atom stereocenters. The summed E-state index contributed by atoms with van der Waals surface area (Å²) in [5.74, 6) is -1.46. The smallest absolute Gasteiger partial charge is 0.347 e. The number of benzene rings is 3. The molecule has 0 aliphatic rings. The molecular formula is C21H16N2O7. The highest BCUT2D eigenvalue weighted by Gasteiger charge is 2.17. The predicted molar refractivity (Wildman–Crippen MR) is 107 cm³/mol. The summed E-state index contributed by atoms with van der Waals surface area (Å²) < 4.78 is 10.4. The largest absolute Gasteiger partial charge is 0.507 e. The standard InChI is InChI=1S/C21H16N2O7/c24-18-12-14(10-11-16(18)21(26)30-15-6-2-1-3-7-15)22-20(25)13-29-19-9-5-4-8-17(19)23(27)28/h1-12,24H,13H2,(H,22,25). The van der Waals surface area contributed by atoms with Gasteiger partial charge in [0.2, 0.25) is 0 Å². The van der Waals surface area contributed by atoms with Crippen LogP contribution in [-0.4, -0.2) is 28.5 Å². The van der Waals surface area contributed by atoms with Crippen molar-refractivity contribution in [3.05, 3.63) is 88.5 Å². The quantitative estimate of drug-likeness (QED) is 0.265. The highest BCUT2D eigenvalue weighted by Crippen LogP contribution is 2.26. The molecule has 0 aliphatic carbocycles. The Balaban J connectivity index is 1.61. The van der Waals surface area contributed by atoms with E-state index in [4.69, 9.17) is 9.47 Å². The van der Waals surface area contributed by atoms with Crippen molar-refractivity contribution in [3.8, 4) is 17.2 Å². The van der Waals surface area contributed by atoms with E-state index in [0.717, 1.165) is 0 Å². The van der Waals surface area contributed by atoms with Crippen molar-refractivity contribution < 1.29 is 29.1 Å². The highest BCUT2D eigenvalue weighted by atomic mass is 16.6. The average Bonchev–Trinajstić information content (AvgIpc) is 2.73. The van der Waals surface area contributed by atoms with Gasteiger partial charge in [0, 0.05) is 17.8 Å². The number of rotatable bonds is 7. The second-order valence-corrected chi connectivity index (χ2v) is 6.00. The fraction of sp³-hybridized carbons (Fsp3) is 0.0476. The summed E-state index contributed by atoms with van der Waals surface area (Å²) in [4.78, 5) is 34.6. The molecule has 3 aromatic carbocycles. The van der Waals surface area contributed by atoms with Crippen LogP contribution in [0.5, 0.6) is 17.2 Å². The molecule has 3 aromatic rings. The number of aromatic hydroxyl groups is 1. The lowest BCUT2D eigenvalue weighted by molar-refractivity contribution is -0.385. The van der Waals surface area contributed by atoms with Crippen LogP contribution in [0.25, 0.3) is 0 Å². The minimum absolute atomic E-state index is 0.0421. The van der Waals surface area contributed by atoms with Crippen LogP contribution in [0.2, 0.25) is 0 Å². The van der Waals surface area contributed by atoms with E-state index in [1.165, 1.54) is 36.4 Å². The normalized spacial score (nSPS) is 10.1. The number of phenolic OH excluding ortho intramolecular Hbond substituents is 1.